The van der Waals surface area contributed by atoms with E-state index < -0.39 is 46.5 Å². The molecule has 0 atom stereocenters. The van der Waals surface area contributed by atoms with Crippen LogP contribution in [0.5, 0.6) is 5.75 Å². The third-order valence-electron chi connectivity index (χ3n) is 5.85. The molecule has 1 aliphatic rings. The Hall–Kier alpha value is -2.77. The summed E-state index contributed by atoms with van der Waals surface area (Å²) in [7, 11) is 0. The van der Waals surface area contributed by atoms with Gasteiger partial charge < -0.3 is 4.74 Å². The maximum absolute atomic E-state index is 14.6. The van der Waals surface area contributed by atoms with Crippen molar-refractivity contribution in [3.63, 3.8) is 0 Å². The summed E-state index contributed by atoms with van der Waals surface area (Å²) in [4.78, 5) is 0. The number of allylic oxidation sites excluding steroid dienone is 3. The number of alkyl halides is 2. The lowest BCUT2D eigenvalue weighted by Gasteiger charge is -2.30. The molecule has 178 valence electrons. The second kappa shape index (κ2) is 10.0. The number of rotatable bonds is 7. The zero-order valence-electron chi connectivity index (χ0n) is 17.9. The first kappa shape index (κ1) is 24.9. The van der Waals surface area contributed by atoms with Crippen LogP contribution in [0, 0.1) is 35.0 Å². The number of halogens is 7. The summed E-state index contributed by atoms with van der Waals surface area (Å²) in [5, 5.41) is 0. The Morgan fingerprint density at radius 3 is 2.00 bits per heavy atom. The summed E-state index contributed by atoms with van der Waals surface area (Å²) in [5.74, 6) is -9.60. The molecule has 2 aromatic carbocycles. The van der Waals surface area contributed by atoms with E-state index in [9.17, 15) is 30.7 Å². The third-order valence-corrected chi connectivity index (χ3v) is 5.85. The second-order valence-corrected chi connectivity index (χ2v) is 8.11. The maximum atomic E-state index is 14.6. The molecule has 2 aromatic rings. The van der Waals surface area contributed by atoms with Gasteiger partial charge in [0, 0.05) is 12.1 Å². The van der Waals surface area contributed by atoms with E-state index in [0.717, 1.165) is 37.0 Å². The van der Waals surface area contributed by atoms with Gasteiger partial charge in [-0.2, -0.15) is 8.78 Å². The van der Waals surface area contributed by atoms with E-state index in [-0.39, 0.29) is 29.5 Å². The molecule has 0 unspecified atom stereocenters. The molecule has 0 radical (unpaired) electrons. The van der Waals surface area contributed by atoms with Crippen LogP contribution in [0.1, 0.15) is 56.1 Å². The van der Waals surface area contributed by atoms with Crippen LogP contribution in [0.3, 0.4) is 0 Å². The molecule has 0 heterocycles. The molecule has 0 N–H and O–H groups in total. The van der Waals surface area contributed by atoms with Crippen LogP contribution < -0.4 is 4.74 Å². The normalized spacial score (nSPS) is 19.2. The molecular formula is C25H23F7O. The number of benzene rings is 2. The highest BCUT2D eigenvalue weighted by Gasteiger charge is 2.42. The predicted octanol–water partition coefficient (Wildman–Crippen LogP) is 8.31. The van der Waals surface area contributed by atoms with Gasteiger partial charge in [0.2, 0.25) is 0 Å². The highest BCUT2D eigenvalue weighted by molar-refractivity contribution is 5.33. The van der Waals surface area contributed by atoms with Crippen LogP contribution in [-0.4, -0.2) is 0 Å². The van der Waals surface area contributed by atoms with Crippen LogP contribution in [0.4, 0.5) is 30.7 Å². The minimum absolute atomic E-state index is 0.165. The number of hydrogen-bond donors (Lipinski definition) is 0. The summed E-state index contributed by atoms with van der Waals surface area (Å²) < 4.78 is 102. The van der Waals surface area contributed by atoms with Crippen molar-refractivity contribution in [2.45, 2.75) is 51.1 Å². The number of hydrogen-bond acceptors (Lipinski definition) is 1. The highest BCUT2D eigenvalue weighted by Crippen LogP contribution is 2.41. The van der Waals surface area contributed by atoms with Crippen molar-refractivity contribution in [2.24, 2.45) is 5.92 Å². The van der Waals surface area contributed by atoms with Crippen LogP contribution in [0.25, 0.3) is 0 Å². The summed E-state index contributed by atoms with van der Waals surface area (Å²) in [6.45, 7) is 6.07. The fourth-order valence-corrected chi connectivity index (χ4v) is 4.10. The molecule has 0 saturated heterocycles. The van der Waals surface area contributed by atoms with Gasteiger partial charge in [-0.05, 0) is 61.6 Å². The molecule has 1 nitrogen and oxygen atoms in total. The molecule has 1 saturated carbocycles. The second-order valence-electron chi connectivity index (χ2n) is 8.11. The van der Waals surface area contributed by atoms with E-state index in [0.29, 0.717) is 12.8 Å². The SMILES string of the molecule is C=C(/C=C\CC)C1CCC(c2cc(F)c(C(F)(F)Oc3cc(F)c(F)c(F)c3)c(F)c2)CC1. The minimum atomic E-state index is -4.59. The first-order valence-electron chi connectivity index (χ1n) is 10.6. The van der Waals surface area contributed by atoms with Crippen molar-refractivity contribution in [3.8, 4) is 5.75 Å². The van der Waals surface area contributed by atoms with E-state index in [1.807, 2.05) is 19.1 Å². The lowest BCUT2D eigenvalue weighted by atomic mass is 9.76. The summed E-state index contributed by atoms with van der Waals surface area (Å²) >= 11 is 0. The quantitative estimate of drug-likeness (QED) is 0.224. The van der Waals surface area contributed by atoms with Gasteiger partial charge >= 0.3 is 6.11 Å². The van der Waals surface area contributed by atoms with Gasteiger partial charge in [0.05, 0.1) is 0 Å². The van der Waals surface area contributed by atoms with Crippen LogP contribution in [-0.2, 0) is 6.11 Å². The van der Waals surface area contributed by atoms with E-state index in [1.54, 1.807) is 0 Å². The van der Waals surface area contributed by atoms with Crippen molar-refractivity contribution in [1.29, 1.82) is 0 Å². The summed E-state index contributed by atoms with van der Waals surface area (Å²) in [6, 6.07) is 1.99. The third kappa shape index (κ3) is 5.60. The molecule has 0 bridgehead atoms. The Balaban J connectivity index is 1.77. The topological polar surface area (TPSA) is 9.23 Å². The van der Waals surface area contributed by atoms with Gasteiger partial charge in [-0.1, -0.05) is 31.2 Å². The Kier molecular flexibility index (Phi) is 7.55. The minimum Gasteiger partial charge on any atom is -0.429 e. The first-order valence-corrected chi connectivity index (χ1v) is 10.6. The summed E-state index contributed by atoms with van der Waals surface area (Å²) in [6.07, 6.45) is 3.01. The Labute approximate surface area is 187 Å². The Morgan fingerprint density at radius 2 is 1.48 bits per heavy atom. The lowest BCUT2D eigenvalue weighted by molar-refractivity contribution is -0.189. The average molecular weight is 472 g/mol. The molecule has 1 aliphatic carbocycles. The van der Waals surface area contributed by atoms with Crippen LogP contribution in [0.15, 0.2) is 48.6 Å². The predicted molar refractivity (Wildman–Crippen MR) is 110 cm³/mol. The van der Waals surface area contributed by atoms with Gasteiger partial charge in [-0.3, -0.25) is 0 Å². The lowest BCUT2D eigenvalue weighted by Crippen LogP contribution is -2.26. The fourth-order valence-electron chi connectivity index (χ4n) is 4.10. The average Bonchev–Trinajstić information content (AvgIpc) is 2.74. The number of ether oxygens (including phenoxy) is 1. The van der Waals surface area contributed by atoms with E-state index in [4.69, 9.17) is 0 Å². The van der Waals surface area contributed by atoms with Crippen molar-refractivity contribution >= 4 is 0 Å². The molecule has 1 fully saturated rings. The van der Waals surface area contributed by atoms with E-state index in [1.165, 1.54) is 0 Å². The Morgan fingerprint density at radius 1 is 0.939 bits per heavy atom. The van der Waals surface area contributed by atoms with Gasteiger partial charge in [0.15, 0.2) is 17.5 Å². The van der Waals surface area contributed by atoms with Crippen molar-refractivity contribution in [2.75, 3.05) is 0 Å². The first-order chi connectivity index (χ1) is 15.5. The Bertz CT molecular complexity index is 1010. The van der Waals surface area contributed by atoms with Crippen LogP contribution in [0.2, 0.25) is 0 Å². The maximum Gasteiger partial charge on any atom is 0.432 e. The molecule has 3 rings (SSSR count). The molecular weight excluding hydrogens is 449 g/mol. The van der Waals surface area contributed by atoms with E-state index in [2.05, 4.69) is 11.3 Å². The fraction of sp³-hybridized carbons (Fsp3) is 0.360. The molecule has 8 heteroatoms. The zero-order valence-corrected chi connectivity index (χ0v) is 17.9. The van der Waals surface area contributed by atoms with Gasteiger partial charge in [0.25, 0.3) is 0 Å². The van der Waals surface area contributed by atoms with Crippen molar-refractivity contribution in [3.05, 3.63) is 88.8 Å². The van der Waals surface area contributed by atoms with Gasteiger partial charge in [-0.15, -0.1) is 0 Å². The monoisotopic (exact) mass is 472 g/mol. The van der Waals surface area contributed by atoms with E-state index >= 15 is 0 Å². The molecule has 0 aliphatic heterocycles. The van der Waals surface area contributed by atoms with Crippen molar-refractivity contribution < 1.29 is 35.5 Å². The largest absolute Gasteiger partial charge is 0.432 e. The standard InChI is InChI=1S/C25H23F7O/c1-3-4-5-14(2)15-6-8-16(9-7-15)17-10-19(26)23(20(27)11-17)25(31,32)33-18-12-21(28)24(30)22(29)13-18/h4-5,10-13,15-16H,2-3,6-9H2,1H3/b5-4-. The highest BCUT2D eigenvalue weighted by atomic mass is 19.3. The summed E-state index contributed by atoms with van der Waals surface area (Å²) in [5.41, 5.74) is -0.451. The zero-order chi connectivity index (χ0) is 24.3. The molecule has 0 amide bonds. The van der Waals surface area contributed by atoms with Crippen LogP contribution >= 0.6 is 0 Å². The van der Waals surface area contributed by atoms with Gasteiger partial charge in [-0.25, -0.2) is 22.0 Å². The van der Waals surface area contributed by atoms with Crippen molar-refractivity contribution in [1.82, 2.24) is 0 Å². The molecule has 0 spiro atoms. The molecule has 33 heavy (non-hydrogen) atoms. The molecule has 0 aromatic heterocycles. The smallest absolute Gasteiger partial charge is 0.429 e. The van der Waals surface area contributed by atoms with Gasteiger partial charge in [0.1, 0.15) is 22.9 Å².